The molecular formula is C28H25N7O2. The van der Waals surface area contributed by atoms with Crippen molar-refractivity contribution in [2.75, 3.05) is 12.8 Å². The number of hydrogen-bond donors (Lipinski definition) is 1. The molecule has 5 aromatic rings. The van der Waals surface area contributed by atoms with Gasteiger partial charge in [-0.15, -0.1) is 0 Å². The van der Waals surface area contributed by atoms with Gasteiger partial charge in [-0.25, -0.2) is 15.0 Å². The van der Waals surface area contributed by atoms with Crippen LogP contribution >= 0.6 is 0 Å². The highest BCUT2D eigenvalue weighted by molar-refractivity contribution is 5.93. The molecule has 5 rings (SSSR count). The smallest absolute Gasteiger partial charge is 0.266 e. The standard InChI is InChI=1S/C22H19N3O2.C6H6N4/c1-3-20-24-18-11-7-10-17(19-14-16(27-2)12-13-23-19)21(18)22(26)25(20)15-8-5-4-6-9-15;1-4-9-3-5(2-7)6(8)10-4/h4-14H,3H2,1-2H3;3H,1H3,(H2,8,9,10). The molecule has 0 spiro atoms. The molecule has 2 N–H and O–H groups in total. The minimum absolute atomic E-state index is 0.0942. The molecule has 0 unspecified atom stereocenters. The average molecular weight is 492 g/mol. The number of nitrogen functional groups attached to an aromatic ring is 1. The van der Waals surface area contributed by atoms with Crippen LogP contribution in [0.4, 0.5) is 5.82 Å². The van der Waals surface area contributed by atoms with Crippen LogP contribution in [-0.4, -0.2) is 31.6 Å². The summed E-state index contributed by atoms with van der Waals surface area (Å²) in [6.07, 6.45) is 3.75. The Morgan fingerprint density at radius 2 is 1.84 bits per heavy atom. The second-order valence-electron chi connectivity index (χ2n) is 7.97. The van der Waals surface area contributed by atoms with Crippen molar-refractivity contribution in [3.8, 4) is 28.8 Å². The molecule has 3 heterocycles. The molecule has 0 aliphatic rings. The predicted molar refractivity (Wildman–Crippen MR) is 142 cm³/mol. The maximum atomic E-state index is 13.5. The second kappa shape index (κ2) is 11.1. The van der Waals surface area contributed by atoms with Crippen LogP contribution in [-0.2, 0) is 6.42 Å². The minimum Gasteiger partial charge on any atom is -0.497 e. The van der Waals surface area contributed by atoms with Crippen molar-refractivity contribution in [1.29, 1.82) is 5.26 Å². The number of anilines is 1. The number of ether oxygens (including phenoxy) is 1. The Kier molecular flexibility index (Phi) is 7.50. The Morgan fingerprint density at radius 1 is 1.05 bits per heavy atom. The predicted octanol–water partition coefficient (Wildman–Crippen LogP) is 4.26. The highest BCUT2D eigenvalue weighted by Gasteiger charge is 2.16. The minimum atomic E-state index is -0.0942. The molecule has 3 aromatic heterocycles. The summed E-state index contributed by atoms with van der Waals surface area (Å²) in [4.78, 5) is 30.3. The lowest BCUT2D eigenvalue weighted by atomic mass is 10.1. The normalized spacial score (nSPS) is 10.3. The van der Waals surface area contributed by atoms with Crippen molar-refractivity contribution in [2.45, 2.75) is 20.3 Å². The zero-order chi connectivity index (χ0) is 26.4. The summed E-state index contributed by atoms with van der Waals surface area (Å²) in [7, 11) is 1.61. The number of benzene rings is 2. The maximum Gasteiger partial charge on any atom is 0.266 e. The molecule has 0 radical (unpaired) electrons. The van der Waals surface area contributed by atoms with Gasteiger partial charge in [-0.3, -0.25) is 14.3 Å². The van der Waals surface area contributed by atoms with Crippen LogP contribution in [0.15, 0.2) is 77.9 Å². The van der Waals surface area contributed by atoms with E-state index in [0.717, 1.165) is 17.1 Å². The topological polar surface area (TPSA) is 133 Å². The third-order valence-electron chi connectivity index (χ3n) is 5.60. The van der Waals surface area contributed by atoms with Crippen molar-refractivity contribution in [3.63, 3.8) is 0 Å². The highest BCUT2D eigenvalue weighted by atomic mass is 16.5. The quantitative estimate of drug-likeness (QED) is 0.394. The number of hydrogen-bond acceptors (Lipinski definition) is 8. The summed E-state index contributed by atoms with van der Waals surface area (Å²) in [6.45, 7) is 3.72. The second-order valence-corrected chi connectivity index (χ2v) is 7.97. The number of aryl methyl sites for hydroxylation is 2. The number of nitrogens with two attached hydrogens (primary N) is 1. The lowest BCUT2D eigenvalue weighted by Crippen LogP contribution is -2.24. The lowest BCUT2D eigenvalue weighted by molar-refractivity contribution is 0.414. The van der Waals surface area contributed by atoms with E-state index in [1.165, 1.54) is 6.20 Å². The fourth-order valence-electron chi connectivity index (χ4n) is 3.83. The molecule has 37 heavy (non-hydrogen) atoms. The van der Waals surface area contributed by atoms with Crippen LogP contribution in [0, 0.1) is 18.3 Å². The van der Waals surface area contributed by atoms with Crippen LogP contribution in [0.25, 0.3) is 27.8 Å². The van der Waals surface area contributed by atoms with Crippen molar-refractivity contribution < 1.29 is 4.74 Å². The van der Waals surface area contributed by atoms with Crippen LogP contribution in [0.1, 0.15) is 24.1 Å². The Labute approximate surface area is 213 Å². The molecule has 0 saturated carbocycles. The maximum absolute atomic E-state index is 13.5. The number of methoxy groups -OCH3 is 1. The largest absolute Gasteiger partial charge is 0.497 e. The third kappa shape index (κ3) is 5.28. The number of nitrogens with zero attached hydrogens (tertiary/aromatic N) is 6. The molecule has 0 fully saturated rings. The molecule has 0 aliphatic carbocycles. The third-order valence-corrected chi connectivity index (χ3v) is 5.60. The van der Waals surface area contributed by atoms with Crippen molar-refractivity contribution in [1.82, 2.24) is 24.5 Å². The van der Waals surface area contributed by atoms with E-state index in [1.54, 1.807) is 30.9 Å². The van der Waals surface area contributed by atoms with Gasteiger partial charge in [0, 0.05) is 24.2 Å². The van der Waals surface area contributed by atoms with Gasteiger partial charge in [0.25, 0.3) is 5.56 Å². The van der Waals surface area contributed by atoms with Gasteiger partial charge >= 0.3 is 0 Å². The number of nitriles is 1. The number of aromatic nitrogens is 5. The Morgan fingerprint density at radius 3 is 2.51 bits per heavy atom. The molecule has 9 nitrogen and oxygen atoms in total. The molecule has 0 bridgehead atoms. The Hall–Kier alpha value is -5.10. The number of rotatable bonds is 4. The molecule has 0 aliphatic heterocycles. The van der Waals surface area contributed by atoms with E-state index in [-0.39, 0.29) is 11.4 Å². The van der Waals surface area contributed by atoms with Gasteiger partial charge in [0.2, 0.25) is 0 Å². The van der Waals surface area contributed by atoms with Gasteiger partial charge in [-0.1, -0.05) is 37.3 Å². The van der Waals surface area contributed by atoms with Gasteiger partial charge in [0.1, 0.15) is 34.8 Å². The first-order chi connectivity index (χ1) is 18.0. The summed E-state index contributed by atoms with van der Waals surface area (Å²) in [6, 6.07) is 20.8. The molecular weight excluding hydrogens is 466 g/mol. The van der Waals surface area contributed by atoms with Gasteiger partial charge < -0.3 is 10.5 Å². The van der Waals surface area contributed by atoms with E-state index >= 15 is 0 Å². The van der Waals surface area contributed by atoms with Crippen molar-refractivity contribution >= 4 is 16.7 Å². The van der Waals surface area contributed by atoms with Gasteiger partial charge in [0.15, 0.2) is 0 Å². The molecule has 0 atom stereocenters. The first-order valence-electron chi connectivity index (χ1n) is 11.6. The summed E-state index contributed by atoms with van der Waals surface area (Å²) < 4.78 is 7.00. The van der Waals surface area contributed by atoms with Crippen LogP contribution in [0.5, 0.6) is 5.75 Å². The molecule has 184 valence electrons. The van der Waals surface area contributed by atoms with Gasteiger partial charge in [0.05, 0.1) is 35.6 Å². The van der Waals surface area contributed by atoms with E-state index < -0.39 is 0 Å². The zero-order valence-electron chi connectivity index (χ0n) is 20.7. The van der Waals surface area contributed by atoms with Crippen LogP contribution in [0.2, 0.25) is 0 Å². The van der Waals surface area contributed by atoms with E-state index in [9.17, 15) is 4.79 Å². The fourth-order valence-corrected chi connectivity index (χ4v) is 3.83. The van der Waals surface area contributed by atoms with Crippen molar-refractivity contribution in [2.24, 2.45) is 0 Å². The van der Waals surface area contributed by atoms with E-state index in [2.05, 4.69) is 15.0 Å². The monoisotopic (exact) mass is 491 g/mol. The SMILES string of the molecule is CCc1nc2cccc(-c3cc(OC)ccn3)c2c(=O)n1-c1ccccc1.Cc1ncc(C#N)c(N)n1. The molecule has 0 amide bonds. The van der Waals surface area contributed by atoms with Gasteiger partial charge in [-0.2, -0.15) is 5.26 Å². The Bertz CT molecular complexity index is 1660. The zero-order valence-corrected chi connectivity index (χ0v) is 20.7. The van der Waals surface area contributed by atoms with E-state index in [1.807, 2.05) is 67.6 Å². The summed E-state index contributed by atoms with van der Waals surface area (Å²) in [5.74, 6) is 2.25. The number of fused-ring (bicyclic) bond motifs is 1. The summed E-state index contributed by atoms with van der Waals surface area (Å²) >= 11 is 0. The number of para-hydroxylation sites is 1. The average Bonchev–Trinajstić information content (AvgIpc) is 2.93. The Balaban J connectivity index is 0.000000270. The fraction of sp³-hybridized carbons (Fsp3) is 0.143. The van der Waals surface area contributed by atoms with E-state index in [4.69, 9.17) is 20.7 Å². The lowest BCUT2D eigenvalue weighted by Gasteiger charge is -2.14. The van der Waals surface area contributed by atoms with E-state index in [0.29, 0.717) is 40.2 Å². The molecule has 0 saturated heterocycles. The van der Waals surface area contributed by atoms with Gasteiger partial charge in [-0.05, 0) is 31.2 Å². The van der Waals surface area contributed by atoms with Crippen LogP contribution < -0.4 is 16.0 Å². The molecule has 2 aromatic carbocycles. The summed E-state index contributed by atoms with van der Waals surface area (Å²) in [5.41, 5.74) is 8.50. The van der Waals surface area contributed by atoms with Crippen LogP contribution in [0.3, 0.4) is 0 Å². The molecule has 9 heteroatoms. The van der Waals surface area contributed by atoms with Crippen molar-refractivity contribution in [3.05, 3.63) is 101 Å². The number of pyridine rings is 1. The highest BCUT2D eigenvalue weighted by Crippen LogP contribution is 2.27. The summed E-state index contributed by atoms with van der Waals surface area (Å²) in [5, 5.41) is 8.95. The first kappa shape index (κ1) is 25.0. The first-order valence-corrected chi connectivity index (χ1v) is 11.6.